The summed E-state index contributed by atoms with van der Waals surface area (Å²) in [6, 6.07) is 11.2. The zero-order valence-corrected chi connectivity index (χ0v) is 16.9. The lowest BCUT2D eigenvalue weighted by Gasteiger charge is -2.23. The molecule has 0 bridgehead atoms. The van der Waals surface area contributed by atoms with Crippen LogP contribution in [0.1, 0.15) is 18.2 Å². The van der Waals surface area contributed by atoms with Gasteiger partial charge in [-0.25, -0.2) is 4.79 Å². The highest BCUT2D eigenvalue weighted by Gasteiger charge is 2.17. The molecule has 1 aromatic heterocycles. The number of carbonyl (C=O) groups excluding carboxylic acids is 2. The van der Waals surface area contributed by atoms with Gasteiger partial charge in [0.2, 0.25) is 0 Å². The molecule has 0 aliphatic heterocycles. The fraction of sp³-hybridized carbons (Fsp3) is 0.400. The maximum Gasteiger partial charge on any atom is 0.325 e. The van der Waals surface area contributed by atoms with E-state index in [0.29, 0.717) is 31.3 Å². The van der Waals surface area contributed by atoms with Gasteiger partial charge in [-0.2, -0.15) is 0 Å². The van der Waals surface area contributed by atoms with E-state index in [9.17, 15) is 9.59 Å². The van der Waals surface area contributed by atoms with Crippen molar-refractivity contribution in [2.24, 2.45) is 0 Å². The molecule has 28 heavy (non-hydrogen) atoms. The third-order valence-corrected chi connectivity index (χ3v) is 4.30. The summed E-state index contributed by atoms with van der Waals surface area (Å²) in [6.07, 6.45) is 1.96. The lowest BCUT2D eigenvalue weighted by molar-refractivity contribution is -0.141. The van der Waals surface area contributed by atoms with Crippen LogP contribution in [0.3, 0.4) is 0 Å². The maximum absolute atomic E-state index is 12.5. The zero-order chi connectivity index (χ0) is 20.4. The monoisotopic (exact) mass is 407 g/mol. The Morgan fingerprint density at radius 1 is 1.25 bits per heavy atom. The number of benzene rings is 1. The van der Waals surface area contributed by atoms with Crippen LogP contribution < -0.4 is 5.32 Å². The third-order valence-electron chi connectivity index (χ3n) is 4.06. The van der Waals surface area contributed by atoms with Gasteiger partial charge in [-0.15, -0.1) is 0 Å². The van der Waals surface area contributed by atoms with E-state index in [-0.39, 0.29) is 19.2 Å². The van der Waals surface area contributed by atoms with Gasteiger partial charge in [-0.05, 0) is 36.8 Å². The number of nitrogens with one attached hydrogen (secondary N) is 1. The molecule has 152 valence electrons. The number of aromatic nitrogens is 1. The van der Waals surface area contributed by atoms with Crippen LogP contribution in [0.15, 0.2) is 42.6 Å². The number of urea groups is 1. The quantitative estimate of drug-likeness (QED) is 0.614. The van der Waals surface area contributed by atoms with Crippen LogP contribution in [0, 0.1) is 0 Å². The summed E-state index contributed by atoms with van der Waals surface area (Å²) in [7, 11) is 1.58. The van der Waals surface area contributed by atoms with Gasteiger partial charge in [0.25, 0.3) is 0 Å². The number of amides is 2. The topological polar surface area (TPSA) is 72.8 Å². The van der Waals surface area contributed by atoms with E-state index in [2.05, 4.69) is 9.88 Å². The van der Waals surface area contributed by atoms with Crippen LogP contribution in [-0.2, 0) is 27.4 Å². The number of halogens is 1. The molecule has 2 amide bonds. The summed E-state index contributed by atoms with van der Waals surface area (Å²) in [5, 5.41) is 3.28. The Morgan fingerprint density at radius 2 is 2.07 bits per heavy atom. The number of rotatable bonds is 10. The number of esters is 1. The zero-order valence-electron chi connectivity index (χ0n) is 16.2. The first-order chi connectivity index (χ1) is 13.5. The first-order valence-corrected chi connectivity index (χ1v) is 9.47. The minimum absolute atomic E-state index is 0.167. The van der Waals surface area contributed by atoms with Gasteiger partial charge >= 0.3 is 12.0 Å². The molecule has 1 heterocycles. The average molecular weight is 408 g/mol. The molecular formula is C20H26ClN3O4. The van der Waals surface area contributed by atoms with Crippen molar-refractivity contribution in [2.75, 3.05) is 33.4 Å². The predicted octanol–water partition coefficient (Wildman–Crippen LogP) is 2.91. The summed E-state index contributed by atoms with van der Waals surface area (Å²) in [5.41, 5.74) is 2.03. The highest BCUT2D eigenvalue weighted by atomic mass is 35.5. The Morgan fingerprint density at radius 3 is 2.79 bits per heavy atom. The van der Waals surface area contributed by atoms with E-state index in [4.69, 9.17) is 21.1 Å². The standard InChI is InChI=1S/C20H26ClN3O4/c1-3-28-19(25)13-22-20(26)24(10-11-27-2)15-18-8-5-9-23(18)14-16-6-4-7-17(21)12-16/h4-9,12H,3,10-11,13-15H2,1-2H3,(H,22,26). The highest BCUT2D eigenvalue weighted by molar-refractivity contribution is 6.30. The Labute approximate surface area is 170 Å². The lowest BCUT2D eigenvalue weighted by atomic mass is 10.2. The SMILES string of the molecule is CCOC(=O)CNC(=O)N(CCOC)Cc1cccn1Cc1cccc(Cl)c1. The largest absolute Gasteiger partial charge is 0.465 e. The predicted molar refractivity (Wildman–Crippen MR) is 107 cm³/mol. The maximum atomic E-state index is 12.5. The molecule has 8 heteroatoms. The molecule has 7 nitrogen and oxygen atoms in total. The van der Waals surface area contributed by atoms with Crippen LogP contribution in [0.25, 0.3) is 0 Å². The van der Waals surface area contributed by atoms with Gasteiger partial charge in [0.1, 0.15) is 6.54 Å². The molecule has 2 rings (SSSR count). The number of ether oxygens (including phenoxy) is 2. The molecule has 0 atom stereocenters. The number of methoxy groups -OCH3 is 1. The van der Waals surface area contributed by atoms with Crippen molar-refractivity contribution < 1.29 is 19.1 Å². The summed E-state index contributed by atoms with van der Waals surface area (Å²) in [6.45, 7) is 3.64. The summed E-state index contributed by atoms with van der Waals surface area (Å²) < 4.78 is 12.0. The molecular weight excluding hydrogens is 382 g/mol. The second kappa shape index (κ2) is 11.4. The molecule has 0 spiro atoms. The number of hydrogen-bond donors (Lipinski definition) is 1. The van der Waals surface area contributed by atoms with Crippen molar-refractivity contribution in [2.45, 2.75) is 20.0 Å². The van der Waals surface area contributed by atoms with Gasteiger partial charge in [0, 0.05) is 37.1 Å². The molecule has 0 fully saturated rings. The second-order valence-electron chi connectivity index (χ2n) is 6.14. The number of carbonyl (C=O) groups is 2. The summed E-state index contributed by atoms with van der Waals surface area (Å²) in [4.78, 5) is 25.6. The van der Waals surface area contributed by atoms with Gasteiger partial charge in [0.05, 0.1) is 19.8 Å². The van der Waals surface area contributed by atoms with E-state index in [1.165, 1.54) is 0 Å². The molecule has 1 N–H and O–H groups in total. The van der Waals surface area contributed by atoms with Crippen LogP contribution in [0.5, 0.6) is 0 Å². The fourth-order valence-corrected chi connectivity index (χ4v) is 2.91. The number of nitrogens with zero attached hydrogens (tertiary/aromatic N) is 2. The van der Waals surface area contributed by atoms with Crippen molar-refractivity contribution >= 4 is 23.6 Å². The molecule has 0 saturated heterocycles. The molecule has 0 unspecified atom stereocenters. The van der Waals surface area contributed by atoms with E-state index in [0.717, 1.165) is 11.3 Å². The Balaban J connectivity index is 2.04. The van der Waals surface area contributed by atoms with Crippen molar-refractivity contribution in [3.63, 3.8) is 0 Å². The Bertz CT molecular complexity index is 778. The van der Waals surface area contributed by atoms with E-state index in [1.54, 1.807) is 18.9 Å². The molecule has 0 aliphatic rings. The molecule has 1 aromatic carbocycles. The van der Waals surface area contributed by atoms with E-state index in [1.807, 2.05) is 42.6 Å². The van der Waals surface area contributed by atoms with Crippen molar-refractivity contribution in [1.29, 1.82) is 0 Å². The average Bonchev–Trinajstić information content (AvgIpc) is 3.10. The van der Waals surface area contributed by atoms with Gasteiger partial charge < -0.3 is 24.3 Å². The minimum Gasteiger partial charge on any atom is -0.465 e. The third kappa shape index (κ3) is 6.90. The van der Waals surface area contributed by atoms with Crippen LogP contribution in [0.2, 0.25) is 5.02 Å². The van der Waals surface area contributed by atoms with Crippen LogP contribution >= 0.6 is 11.6 Å². The first kappa shape index (κ1) is 21.8. The summed E-state index contributed by atoms with van der Waals surface area (Å²) >= 11 is 6.07. The van der Waals surface area contributed by atoms with Crippen LogP contribution in [-0.4, -0.2) is 54.9 Å². The number of hydrogen-bond acceptors (Lipinski definition) is 4. The fourth-order valence-electron chi connectivity index (χ4n) is 2.70. The van der Waals surface area contributed by atoms with E-state index < -0.39 is 5.97 Å². The first-order valence-electron chi connectivity index (χ1n) is 9.09. The van der Waals surface area contributed by atoms with Crippen molar-refractivity contribution in [3.05, 3.63) is 58.9 Å². The molecule has 0 saturated carbocycles. The Kier molecular flexibility index (Phi) is 8.84. The van der Waals surface area contributed by atoms with Gasteiger partial charge in [-0.3, -0.25) is 4.79 Å². The molecule has 0 radical (unpaired) electrons. The van der Waals surface area contributed by atoms with Crippen LogP contribution in [0.4, 0.5) is 4.79 Å². The highest BCUT2D eigenvalue weighted by Crippen LogP contribution is 2.14. The van der Waals surface area contributed by atoms with E-state index >= 15 is 0 Å². The lowest BCUT2D eigenvalue weighted by Crippen LogP contribution is -2.43. The normalized spacial score (nSPS) is 10.5. The smallest absolute Gasteiger partial charge is 0.325 e. The molecule has 0 aliphatic carbocycles. The second-order valence-corrected chi connectivity index (χ2v) is 6.57. The van der Waals surface area contributed by atoms with Gasteiger partial charge in [-0.1, -0.05) is 23.7 Å². The molecule has 2 aromatic rings. The van der Waals surface area contributed by atoms with Crippen molar-refractivity contribution in [1.82, 2.24) is 14.8 Å². The summed E-state index contributed by atoms with van der Waals surface area (Å²) in [5.74, 6) is -0.466. The van der Waals surface area contributed by atoms with Gasteiger partial charge in [0.15, 0.2) is 0 Å². The minimum atomic E-state index is -0.466. The van der Waals surface area contributed by atoms with Crippen molar-refractivity contribution in [3.8, 4) is 0 Å². The Hall–Kier alpha value is -2.51.